The van der Waals surface area contributed by atoms with E-state index in [2.05, 4.69) is 0 Å². The van der Waals surface area contributed by atoms with E-state index < -0.39 is 17.9 Å². The second-order valence-electron chi connectivity index (χ2n) is 7.81. The van der Waals surface area contributed by atoms with Gasteiger partial charge in [-0.1, -0.05) is 58.5 Å². The maximum Gasteiger partial charge on any atom is 0.336 e. The van der Waals surface area contributed by atoms with Crippen molar-refractivity contribution in [2.75, 3.05) is 20.8 Å². The number of aromatic carboxylic acids is 1. The van der Waals surface area contributed by atoms with Crippen LogP contribution in [0.1, 0.15) is 43.4 Å². The molecule has 0 radical (unpaired) electrons. The van der Waals surface area contributed by atoms with E-state index in [1.165, 1.54) is 19.2 Å². The Kier molecular flexibility index (Phi) is 7.38. The first-order valence-electron chi connectivity index (χ1n) is 10.4. The highest BCUT2D eigenvalue weighted by atomic mass is 35.5. The normalized spacial score (nSPS) is 14.9. The van der Waals surface area contributed by atoms with Gasteiger partial charge in [0.25, 0.3) is 5.91 Å². The summed E-state index contributed by atoms with van der Waals surface area (Å²) in [6.07, 6.45) is 0.465. The Morgan fingerprint density at radius 3 is 2.26 bits per heavy atom. The average molecular weight is 555 g/mol. The summed E-state index contributed by atoms with van der Waals surface area (Å²) in [5, 5.41) is 10.4. The minimum atomic E-state index is -1.30. The Morgan fingerprint density at radius 1 is 0.943 bits per heavy atom. The highest BCUT2D eigenvalue weighted by Crippen LogP contribution is 2.46. The van der Waals surface area contributed by atoms with Crippen LogP contribution in [0, 0.1) is 0 Å². The fourth-order valence-electron chi connectivity index (χ4n) is 4.32. The number of carboxylic acids is 1. The molecule has 10 heteroatoms. The van der Waals surface area contributed by atoms with Crippen LogP contribution in [0.5, 0.6) is 11.5 Å². The van der Waals surface area contributed by atoms with Crippen molar-refractivity contribution in [3.63, 3.8) is 0 Å². The molecule has 0 spiro atoms. The van der Waals surface area contributed by atoms with E-state index in [0.29, 0.717) is 34.1 Å². The van der Waals surface area contributed by atoms with Crippen LogP contribution in [0.15, 0.2) is 42.5 Å². The van der Waals surface area contributed by atoms with Gasteiger partial charge < -0.3 is 19.5 Å². The molecule has 1 aliphatic heterocycles. The third-order valence-electron chi connectivity index (χ3n) is 5.92. The minimum absolute atomic E-state index is 0.0350. The highest BCUT2D eigenvalue weighted by Gasteiger charge is 2.38. The molecule has 1 unspecified atom stereocenters. The molecule has 0 saturated heterocycles. The van der Waals surface area contributed by atoms with Crippen LogP contribution < -0.4 is 9.47 Å². The third kappa shape index (κ3) is 4.64. The largest absolute Gasteiger partial charge is 0.497 e. The van der Waals surface area contributed by atoms with Crippen molar-refractivity contribution in [2.45, 2.75) is 12.5 Å². The van der Waals surface area contributed by atoms with Gasteiger partial charge in [0.15, 0.2) is 0 Å². The number of hydrogen-bond donors (Lipinski definition) is 1. The second kappa shape index (κ2) is 10.2. The summed E-state index contributed by atoms with van der Waals surface area (Å²) in [6.45, 7) is 0.259. The number of hydrogen-bond acceptors (Lipinski definition) is 4. The van der Waals surface area contributed by atoms with Gasteiger partial charge in [0.05, 0.1) is 51.5 Å². The van der Waals surface area contributed by atoms with E-state index in [9.17, 15) is 14.7 Å². The summed E-state index contributed by atoms with van der Waals surface area (Å²) in [5.41, 5.74) is 1.82. The lowest BCUT2D eigenvalue weighted by atomic mass is 9.86. The molecule has 0 aliphatic carbocycles. The number of benzene rings is 3. The van der Waals surface area contributed by atoms with Crippen LogP contribution in [0.4, 0.5) is 0 Å². The van der Waals surface area contributed by atoms with Gasteiger partial charge >= 0.3 is 5.97 Å². The fraction of sp³-hybridized carbons (Fsp3) is 0.200. The Balaban J connectivity index is 1.96. The Morgan fingerprint density at radius 2 is 1.63 bits per heavy atom. The topological polar surface area (TPSA) is 76.1 Å². The number of halogens is 4. The standard InChI is InChI=1S/C25H19Cl4NO5/c1-34-13-8-12-6-7-30(24(31)15-10-18(27)19(28)11-16(15)25(32)33)23(21(12)20(9-13)35-2)14-4-3-5-17(26)22(14)29/h3-5,8-11,23H,6-7H2,1-2H3,(H,32,33). The average Bonchev–Trinajstić information content (AvgIpc) is 2.85. The SMILES string of the molecule is COc1cc2c(c(OC)c1)C(c1cccc(Cl)c1Cl)N(C(=O)c1cc(Cl)c(Cl)cc1C(=O)O)CC2. The summed E-state index contributed by atoms with van der Waals surface area (Å²) >= 11 is 25.2. The first kappa shape index (κ1) is 25.5. The Labute approximate surface area is 221 Å². The number of carbonyl (C=O) groups is 2. The van der Waals surface area contributed by atoms with Crippen LogP contribution in [-0.4, -0.2) is 42.6 Å². The number of ether oxygens (including phenoxy) is 2. The van der Waals surface area contributed by atoms with Crippen LogP contribution in [0.2, 0.25) is 20.1 Å². The lowest BCUT2D eigenvalue weighted by Crippen LogP contribution is -2.41. The maximum absolute atomic E-state index is 13.9. The van der Waals surface area contributed by atoms with Gasteiger partial charge in [-0.25, -0.2) is 4.79 Å². The van der Waals surface area contributed by atoms with Crippen LogP contribution in [0.25, 0.3) is 0 Å². The van der Waals surface area contributed by atoms with Crippen LogP contribution >= 0.6 is 46.4 Å². The molecule has 1 atom stereocenters. The van der Waals surface area contributed by atoms with Crippen LogP contribution in [-0.2, 0) is 6.42 Å². The van der Waals surface area contributed by atoms with E-state index in [1.807, 2.05) is 6.07 Å². The second-order valence-corrected chi connectivity index (χ2v) is 9.41. The molecule has 1 aliphatic rings. The Bertz CT molecular complexity index is 1330. The highest BCUT2D eigenvalue weighted by molar-refractivity contribution is 6.43. The molecule has 3 aromatic carbocycles. The lowest BCUT2D eigenvalue weighted by Gasteiger charge is -2.39. The summed E-state index contributed by atoms with van der Waals surface area (Å²) < 4.78 is 11.1. The summed E-state index contributed by atoms with van der Waals surface area (Å²) in [7, 11) is 3.08. The van der Waals surface area contributed by atoms with E-state index in [-0.39, 0.29) is 32.7 Å². The van der Waals surface area contributed by atoms with Gasteiger partial charge in [0.1, 0.15) is 11.5 Å². The molecular formula is C25H19Cl4NO5. The van der Waals surface area contributed by atoms with Crippen molar-refractivity contribution >= 4 is 58.3 Å². The van der Waals surface area contributed by atoms with Crippen molar-refractivity contribution in [3.05, 3.63) is 90.4 Å². The van der Waals surface area contributed by atoms with Gasteiger partial charge in [0.2, 0.25) is 0 Å². The number of carbonyl (C=O) groups excluding carboxylic acids is 1. The van der Waals surface area contributed by atoms with Gasteiger partial charge in [-0.2, -0.15) is 0 Å². The first-order valence-corrected chi connectivity index (χ1v) is 11.9. The molecule has 35 heavy (non-hydrogen) atoms. The van der Waals surface area contributed by atoms with Gasteiger partial charge in [-0.05, 0) is 41.8 Å². The summed E-state index contributed by atoms with van der Waals surface area (Å²) in [4.78, 5) is 27.4. The maximum atomic E-state index is 13.9. The zero-order valence-corrected chi connectivity index (χ0v) is 21.6. The molecule has 1 heterocycles. The van der Waals surface area contributed by atoms with Crippen molar-refractivity contribution < 1.29 is 24.2 Å². The van der Waals surface area contributed by atoms with Gasteiger partial charge in [-0.15, -0.1) is 0 Å². The van der Waals surface area contributed by atoms with E-state index in [0.717, 1.165) is 5.56 Å². The quantitative estimate of drug-likeness (QED) is 0.375. The number of methoxy groups -OCH3 is 2. The number of rotatable bonds is 5. The molecule has 0 saturated carbocycles. The van der Waals surface area contributed by atoms with Crippen molar-refractivity contribution in [1.29, 1.82) is 0 Å². The van der Waals surface area contributed by atoms with Crippen molar-refractivity contribution in [2.24, 2.45) is 0 Å². The Hall–Kier alpha value is -2.64. The van der Waals surface area contributed by atoms with E-state index in [4.69, 9.17) is 55.9 Å². The molecule has 1 N–H and O–H groups in total. The molecule has 0 aromatic heterocycles. The molecular weight excluding hydrogens is 536 g/mol. The monoisotopic (exact) mass is 553 g/mol. The molecule has 4 rings (SSSR count). The van der Waals surface area contributed by atoms with Crippen molar-refractivity contribution in [3.8, 4) is 11.5 Å². The zero-order chi connectivity index (χ0) is 25.4. The van der Waals surface area contributed by atoms with Crippen LogP contribution in [0.3, 0.4) is 0 Å². The predicted octanol–water partition coefficient (Wildman–Crippen LogP) is 6.80. The molecule has 6 nitrogen and oxygen atoms in total. The predicted molar refractivity (Wildman–Crippen MR) is 136 cm³/mol. The first-order chi connectivity index (χ1) is 16.7. The third-order valence-corrected chi connectivity index (χ3v) is 7.48. The zero-order valence-electron chi connectivity index (χ0n) is 18.6. The fourth-order valence-corrected chi connectivity index (χ4v) is 5.05. The minimum Gasteiger partial charge on any atom is -0.497 e. The van der Waals surface area contributed by atoms with Gasteiger partial charge in [0, 0.05) is 18.2 Å². The number of nitrogens with zero attached hydrogens (tertiary/aromatic N) is 1. The smallest absolute Gasteiger partial charge is 0.336 e. The summed E-state index contributed by atoms with van der Waals surface area (Å²) in [5.74, 6) is -0.756. The molecule has 0 bridgehead atoms. The van der Waals surface area contributed by atoms with E-state index in [1.54, 1.807) is 36.3 Å². The molecule has 0 fully saturated rings. The molecule has 182 valence electrons. The van der Waals surface area contributed by atoms with E-state index >= 15 is 0 Å². The molecule has 3 aromatic rings. The number of fused-ring (bicyclic) bond motifs is 1. The number of carboxylic acid groups (broad SMARTS) is 1. The molecule has 1 amide bonds. The number of amides is 1. The van der Waals surface area contributed by atoms with Crippen molar-refractivity contribution in [1.82, 2.24) is 4.90 Å². The summed E-state index contributed by atoms with van der Waals surface area (Å²) in [6, 6.07) is 10.5. The van der Waals surface area contributed by atoms with Gasteiger partial charge in [-0.3, -0.25) is 4.79 Å². The lowest BCUT2D eigenvalue weighted by molar-refractivity contribution is 0.0652.